The Bertz CT molecular complexity index is 3400. The molecule has 2 aliphatic rings. The summed E-state index contributed by atoms with van der Waals surface area (Å²) in [5, 5.41) is 26.4. The molecule has 2 amide bonds. The molecular weight excluding hydrogens is 1040 g/mol. The number of amides is 2. The molecule has 82 heavy (non-hydrogen) atoms. The highest BCUT2D eigenvalue weighted by Crippen LogP contribution is 2.38. The lowest BCUT2D eigenvalue weighted by Crippen LogP contribution is -2.41. The first kappa shape index (κ1) is 60.4. The van der Waals surface area contributed by atoms with Gasteiger partial charge < -0.3 is 34.7 Å². The third-order valence-electron chi connectivity index (χ3n) is 15.7. The number of likely N-dealkylation sites (tertiary alicyclic amines) is 1. The molecule has 2 unspecified atom stereocenters. The predicted octanol–water partition coefficient (Wildman–Crippen LogP) is 9.25. The van der Waals surface area contributed by atoms with E-state index in [0.717, 1.165) is 55.6 Å². The average Bonchev–Trinajstić information content (AvgIpc) is 3.80. The molecule has 18 heteroatoms. The zero-order chi connectivity index (χ0) is 58.9. The number of hydrogen-bond donors (Lipinski definition) is 4. The zero-order valence-corrected chi connectivity index (χ0v) is 48.3. The van der Waals surface area contributed by atoms with E-state index < -0.39 is 78.1 Å². The van der Waals surface area contributed by atoms with Crippen LogP contribution in [0.3, 0.4) is 0 Å². The van der Waals surface area contributed by atoms with Crippen molar-refractivity contribution in [2.45, 2.75) is 131 Å². The van der Waals surface area contributed by atoms with Crippen LogP contribution in [0.2, 0.25) is 0 Å². The first-order valence-corrected chi connectivity index (χ1v) is 28.4. The molecular formula is C64H77FN8O9. The topological polar surface area (TPSA) is 218 Å². The second-order valence-electron chi connectivity index (χ2n) is 23.1. The minimum atomic E-state index is -1.16. The summed E-state index contributed by atoms with van der Waals surface area (Å²) in [6.45, 7) is 19.7. The Hall–Kier alpha value is -7.67. The molecule has 2 aromatic carbocycles. The van der Waals surface area contributed by atoms with E-state index in [4.69, 9.17) is 4.74 Å². The van der Waals surface area contributed by atoms with Crippen molar-refractivity contribution in [2.75, 3.05) is 39.4 Å². The maximum Gasteiger partial charge on any atom is 0.305 e. The number of nitrogens with zero attached hydrogens (tertiary/aromatic N) is 6. The fraction of sp³-hybridized carbons (Fsp3) is 0.438. The van der Waals surface area contributed by atoms with Gasteiger partial charge in [0.25, 0.3) is 11.1 Å². The molecule has 17 nitrogen and oxygen atoms in total. The van der Waals surface area contributed by atoms with Gasteiger partial charge in [0.2, 0.25) is 11.8 Å². The summed E-state index contributed by atoms with van der Waals surface area (Å²) in [6.07, 6.45) is 9.08. The largest absolute Gasteiger partial charge is 0.481 e. The van der Waals surface area contributed by atoms with E-state index in [9.17, 15) is 43.4 Å². The summed E-state index contributed by atoms with van der Waals surface area (Å²) >= 11 is 0. The molecule has 2 fully saturated rings. The van der Waals surface area contributed by atoms with Crippen molar-refractivity contribution >= 4 is 23.8 Å². The molecule has 0 saturated carbocycles. The van der Waals surface area contributed by atoms with E-state index in [2.05, 4.69) is 25.5 Å². The Morgan fingerprint density at radius 2 is 1.20 bits per heavy atom. The Morgan fingerprint density at radius 1 is 0.646 bits per heavy atom. The number of nitrogens with one attached hydrogen (secondary N) is 2. The number of carboxylic acid groups (broad SMARTS) is 2. The first-order valence-electron chi connectivity index (χ1n) is 28.4. The Morgan fingerprint density at radius 3 is 1.73 bits per heavy atom. The van der Waals surface area contributed by atoms with Crippen LogP contribution in [0, 0.1) is 39.5 Å². The molecule has 2 aliphatic heterocycles. The van der Waals surface area contributed by atoms with Gasteiger partial charge >= 0.3 is 11.9 Å². The van der Waals surface area contributed by atoms with Crippen molar-refractivity contribution in [3.8, 4) is 33.4 Å². The van der Waals surface area contributed by atoms with Crippen LogP contribution in [-0.4, -0.2) is 108 Å². The highest BCUT2D eigenvalue weighted by atomic mass is 19.1. The van der Waals surface area contributed by atoms with Crippen molar-refractivity contribution in [1.82, 2.24) is 39.5 Å². The monoisotopic (exact) mass is 1120 g/mol. The van der Waals surface area contributed by atoms with Gasteiger partial charge in [0, 0.05) is 99.7 Å². The Labute approximate surface area is 478 Å². The molecule has 0 bridgehead atoms. The van der Waals surface area contributed by atoms with Crippen LogP contribution in [0.25, 0.3) is 33.4 Å². The quantitative estimate of drug-likeness (QED) is 0.0471. The average molecular weight is 1120 g/mol. The van der Waals surface area contributed by atoms with Gasteiger partial charge in [-0.15, -0.1) is 0 Å². The van der Waals surface area contributed by atoms with Gasteiger partial charge in [-0.3, -0.25) is 48.5 Å². The van der Waals surface area contributed by atoms with Gasteiger partial charge in [-0.25, -0.2) is 4.39 Å². The van der Waals surface area contributed by atoms with Crippen molar-refractivity contribution in [3.63, 3.8) is 0 Å². The number of carbonyl (C=O) groups is 4. The van der Waals surface area contributed by atoms with E-state index in [1.54, 1.807) is 43.1 Å². The molecule has 4 N–H and O–H groups in total. The molecule has 2 saturated heterocycles. The number of pyridine rings is 4. The number of rotatable bonds is 23. The number of carboxylic acids is 2. The third kappa shape index (κ3) is 14.9. The van der Waals surface area contributed by atoms with Crippen LogP contribution >= 0.6 is 0 Å². The molecule has 6 aromatic rings. The summed E-state index contributed by atoms with van der Waals surface area (Å²) in [7, 11) is 0. The van der Waals surface area contributed by atoms with Crippen molar-refractivity contribution in [2.24, 2.45) is 11.8 Å². The lowest BCUT2D eigenvalue weighted by atomic mass is 9.88. The third-order valence-corrected chi connectivity index (χ3v) is 15.7. The summed E-state index contributed by atoms with van der Waals surface area (Å²) in [5.74, 6) is -3.38. The second-order valence-corrected chi connectivity index (χ2v) is 23.1. The lowest BCUT2D eigenvalue weighted by molar-refractivity contribution is -0.139. The van der Waals surface area contributed by atoms with Crippen LogP contribution in [-0.2, 0) is 37.0 Å². The number of ether oxygens (including phenoxy) is 1. The number of morpholine rings is 1. The minimum Gasteiger partial charge on any atom is -0.481 e. The van der Waals surface area contributed by atoms with Crippen molar-refractivity contribution < 1.29 is 38.5 Å². The van der Waals surface area contributed by atoms with E-state index >= 15 is 0 Å². The molecule has 0 aliphatic carbocycles. The van der Waals surface area contributed by atoms with Gasteiger partial charge in [-0.2, -0.15) is 0 Å². The van der Waals surface area contributed by atoms with Crippen LogP contribution in [0.15, 0.2) is 107 Å². The van der Waals surface area contributed by atoms with Crippen molar-refractivity contribution in [3.05, 3.63) is 163 Å². The molecule has 5 atom stereocenters. The Kier molecular flexibility index (Phi) is 19.9. The zero-order valence-electron chi connectivity index (χ0n) is 48.3. The van der Waals surface area contributed by atoms with E-state index in [1.165, 1.54) is 21.4 Å². The maximum atomic E-state index is 14.8. The molecule has 0 spiro atoms. The molecule has 0 radical (unpaired) electrons. The molecule has 434 valence electrons. The highest BCUT2D eigenvalue weighted by molar-refractivity contribution is 5.85. The normalized spacial score (nSPS) is 16.5. The van der Waals surface area contributed by atoms with Gasteiger partial charge in [-0.05, 0) is 138 Å². The number of carbonyl (C=O) groups excluding carboxylic acids is 2. The van der Waals surface area contributed by atoms with Gasteiger partial charge in [0.1, 0.15) is 18.3 Å². The Balaban J connectivity index is 1.14. The fourth-order valence-corrected chi connectivity index (χ4v) is 11.7. The predicted molar refractivity (Wildman–Crippen MR) is 313 cm³/mol. The maximum absolute atomic E-state index is 14.8. The van der Waals surface area contributed by atoms with E-state index in [-0.39, 0.29) is 31.2 Å². The van der Waals surface area contributed by atoms with Crippen LogP contribution in [0.5, 0.6) is 0 Å². The van der Waals surface area contributed by atoms with E-state index in [1.807, 2.05) is 103 Å². The smallest absolute Gasteiger partial charge is 0.305 e. The number of halogens is 1. The number of benzene rings is 2. The van der Waals surface area contributed by atoms with Gasteiger partial charge in [0.05, 0.1) is 38.1 Å². The molecule has 8 rings (SSSR count). The number of aryl methyl sites for hydroxylation is 3. The number of aromatic nitrogens is 4. The summed E-state index contributed by atoms with van der Waals surface area (Å²) in [5.41, 5.74) is 9.95. The molecule has 4 aromatic heterocycles. The summed E-state index contributed by atoms with van der Waals surface area (Å²) in [6, 6.07) is 14.2. The second kappa shape index (κ2) is 26.9. The molecule has 6 heterocycles. The van der Waals surface area contributed by atoms with Crippen LogP contribution < -0.4 is 21.8 Å². The summed E-state index contributed by atoms with van der Waals surface area (Å²) in [4.78, 5) is 96.0. The first-order chi connectivity index (χ1) is 39.1. The SMILES string of the molecule is Cc1cccc(C)c1-c1cncc([C@H](CC(=O)O)NC(=O)C(CC(C)C)n2cc(CN3CCOCC3)c(-c3ccc(C)c(-c4cncc([C@H](CC(=O)O)NC(=O)C(CC(C)C)n5cc(CN6CC[C@@H](F)C6)ccc5=O)c4)c3C)cc2=O)c1. The number of alkyl halides is 1. The fourth-order valence-electron chi connectivity index (χ4n) is 11.7. The number of hydrogen-bond acceptors (Lipinski definition) is 11. The van der Waals surface area contributed by atoms with Gasteiger partial charge in [-0.1, -0.05) is 64.1 Å². The van der Waals surface area contributed by atoms with E-state index in [0.29, 0.717) is 74.6 Å². The van der Waals surface area contributed by atoms with Gasteiger partial charge in [0.15, 0.2) is 0 Å². The van der Waals surface area contributed by atoms with Crippen molar-refractivity contribution in [1.29, 1.82) is 0 Å². The lowest BCUT2D eigenvalue weighted by Gasteiger charge is -2.29. The minimum absolute atomic E-state index is 0.0223. The number of aliphatic carboxylic acids is 2. The van der Waals surface area contributed by atoms with Crippen LogP contribution in [0.4, 0.5) is 4.39 Å². The summed E-state index contributed by atoms with van der Waals surface area (Å²) < 4.78 is 22.7. The van der Waals surface area contributed by atoms with Crippen LogP contribution in [0.1, 0.15) is 128 Å². The standard InChI is InChI=1S/C64H77FN8O9/c1-38(2)22-55(72-34-44(13-15-57(72)74)33-71-17-16-50(65)37-71)63(80)68-54(28-60(78)79)46-25-48(32-67-30-46)62-42(7)12-14-51(43(62)8)52-26-58(75)73(36-49(52)35-70-18-20-82-21-19-70)56(23-39(3)4)64(81)69-53(27-59(76)77)45-24-47(31-66-29-45)61-40(5)10-9-11-41(61)6/h9-15,24-26,29-32,34,36,38-39,50,53-56H,16-23,27-28,33,35,37H2,1-8H3,(H,68,80)(H,69,81)(H,76,77)(H,78,79)/t50-,53+,54+,55?,56?/m1/s1. The highest BCUT2D eigenvalue weighted by Gasteiger charge is 2.31.